The van der Waals surface area contributed by atoms with Crippen LogP contribution < -0.4 is 5.56 Å². The van der Waals surface area contributed by atoms with Gasteiger partial charge in [-0.15, -0.1) is 0 Å². The number of aromatic amines is 1. The summed E-state index contributed by atoms with van der Waals surface area (Å²) in [5.41, 5.74) is 0.459. The number of sulfone groups is 1. The summed E-state index contributed by atoms with van der Waals surface area (Å²) in [5.74, 6) is -0.605. The number of aliphatic hydroxyl groups is 1. The van der Waals surface area contributed by atoms with Crippen molar-refractivity contribution < 1.29 is 18.3 Å². The standard InChI is InChI=1S/C16H18N2O5S/c1-3-18-16(21)11(8-17-18)15(20)10-4-5-13-14(9(10)2)12(19)6-7-24(13,22)23/h4-5,8,12,17,19H,3,6-7H2,1-2H3. The predicted molar refractivity (Wildman–Crippen MR) is 87.0 cm³/mol. The number of aliphatic hydroxyl groups excluding tert-OH is 1. The monoisotopic (exact) mass is 350 g/mol. The fourth-order valence-corrected chi connectivity index (χ4v) is 4.76. The molecule has 2 N–H and O–H groups in total. The predicted octanol–water partition coefficient (Wildman–Crippen LogP) is 0.947. The Morgan fingerprint density at radius 1 is 1.38 bits per heavy atom. The molecule has 1 aromatic carbocycles. The van der Waals surface area contributed by atoms with Gasteiger partial charge in [0.1, 0.15) is 5.56 Å². The van der Waals surface area contributed by atoms with E-state index in [2.05, 4.69) is 5.10 Å². The van der Waals surface area contributed by atoms with Crippen LogP contribution in [0.1, 0.15) is 46.5 Å². The molecule has 0 radical (unpaired) electrons. The van der Waals surface area contributed by atoms with Gasteiger partial charge in [0.15, 0.2) is 15.6 Å². The normalized spacial score (nSPS) is 19.0. The van der Waals surface area contributed by atoms with E-state index in [1.54, 1.807) is 13.8 Å². The molecule has 128 valence electrons. The largest absolute Gasteiger partial charge is 0.388 e. The minimum absolute atomic E-state index is 0.00643. The molecule has 0 aliphatic carbocycles. The molecule has 0 fully saturated rings. The van der Waals surface area contributed by atoms with Crippen molar-refractivity contribution in [3.8, 4) is 0 Å². The summed E-state index contributed by atoms with van der Waals surface area (Å²) in [6.07, 6.45) is 0.510. The number of carbonyl (C=O) groups is 1. The first kappa shape index (κ1) is 16.7. The van der Waals surface area contributed by atoms with E-state index in [4.69, 9.17) is 0 Å². The molecule has 0 spiro atoms. The lowest BCUT2D eigenvalue weighted by atomic mass is 9.93. The molecule has 0 saturated heterocycles. The van der Waals surface area contributed by atoms with Gasteiger partial charge >= 0.3 is 0 Å². The number of fused-ring (bicyclic) bond motifs is 1. The van der Waals surface area contributed by atoms with Crippen LogP contribution in [-0.4, -0.2) is 34.8 Å². The third kappa shape index (κ3) is 2.42. The van der Waals surface area contributed by atoms with Gasteiger partial charge in [0.25, 0.3) is 5.56 Å². The van der Waals surface area contributed by atoms with E-state index in [1.807, 2.05) is 0 Å². The summed E-state index contributed by atoms with van der Waals surface area (Å²) in [7, 11) is -3.46. The van der Waals surface area contributed by atoms with E-state index in [-0.39, 0.29) is 33.8 Å². The van der Waals surface area contributed by atoms with Crippen LogP contribution in [0, 0.1) is 6.92 Å². The number of benzene rings is 1. The summed E-state index contributed by atoms with van der Waals surface area (Å²) in [4.78, 5) is 24.9. The van der Waals surface area contributed by atoms with E-state index >= 15 is 0 Å². The zero-order valence-electron chi connectivity index (χ0n) is 13.4. The molecule has 1 aromatic heterocycles. The van der Waals surface area contributed by atoms with E-state index in [1.165, 1.54) is 23.0 Å². The van der Waals surface area contributed by atoms with Crippen LogP contribution in [0.15, 0.2) is 28.0 Å². The fourth-order valence-electron chi connectivity index (χ4n) is 3.11. The maximum Gasteiger partial charge on any atom is 0.277 e. The summed E-state index contributed by atoms with van der Waals surface area (Å²) < 4.78 is 25.6. The van der Waals surface area contributed by atoms with Crippen molar-refractivity contribution in [2.24, 2.45) is 0 Å². The van der Waals surface area contributed by atoms with Gasteiger partial charge in [-0.05, 0) is 38.0 Å². The molecule has 7 nitrogen and oxygen atoms in total. The third-order valence-electron chi connectivity index (χ3n) is 4.45. The van der Waals surface area contributed by atoms with Crippen molar-refractivity contribution in [3.63, 3.8) is 0 Å². The van der Waals surface area contributed by atoms with Crippen LogP contribution in [0.3, 0.4) is 0 Å². The lowest BCUT2D eigenvalue weighted by Crippen LogP contribution is -2.24. The number of aryl methyl sites for hydroxylation is 1. The lowest BCUT2D eigenvalue weighted by Gasteiger charge is -2.24. The van der Waals surface area contributed by atoms with Crippen molar-refractivity contribution in [1.29, 1.82) is 0 Å². The van der Waals surface area contributed by atoms with Crippen molar-refractivity contribution in [1.82, 2.24) is 9.78 Å². The van der Waals surface area contributed by atoms with Gasteiger partial charge in [-0.1, -0.05) is 0 Å². The Hall–Kier alpha value is -2.19. The molecule has 3 rings (SSSR count). The Balaban J connectivity index is 2.17. The van der Waals surface area contributed by atoms with Crippen molar-refractivity contribution >= 4 is 15.6 Å². The number of nitrogens with one attached hydrogen (secondary N) is 1. The molecule has 24 heavy (non-hydrogen) atoms. The van der Waals surface area contributed by atoms with E-state index < -0.39 is 27.3 Å². The second kappa shape index (κ2) is 5.71. The fraction of sp³-hybridized carbons (Fsp3) is 0.375. The minimum Gasteiger partial charge on any atom is -0.388 e. The van der Waals surface area contributed by atoms with Gasteiger partial charge in [0, 0.05) is 23.9 Å². The van der Waals surface area contributed by atoms with Crippen LogP contribution in [-0.2, 0) is 16.4 Å². The zero-order valence-corrected chi connectivity index (χ0v) is 14.2. The number of hydrogen-bond acceptors (Lipinski definition) is 5. The Morgan fingerprint density at radius 2 is 2.08 bits per heavy atom. The van der Waals surface area contributed by atoms with Crippen molar-refractivity contribution in [2.45, 2.75) is 37.8 Å². The van der Waals surface area contributed by atoms with E-state index in [0.29, 0.717) is 12.1 Å². The molecule has 0 amide bonds. The van der Waals surface area contributed by atoms with Gasteiger partial charge in [-0.2, -0.15) is 0 Å². The quantitative estimate of drug-likeness (QED) is 0.801. The number of rotatable bonds is 3. The Labute approximate surface area is 138 Å². The first-order valence-electron chi connectivity index (χ1n) is 7.65. The molecule has 8 heteroatoms. The second-order valence-electron chi connectivity index (χ2n) is 5.84. The number of aromatic nitrogens is 2. The molecule has 2 aromatic rings. The van der Waals surface area contributed by atoms with Crippen molar-refractivity contribution in [3.05, 3.63) is 50.9 Å². The van der Waals surface area contributed by atoms with Crippen LogP contribution in [0.4, 0.5) is 0 Å². The molecule has 0 bridgehead atoms. The summed E-state index contributed by atoms with van der Waals surface area (Å²) in [6, 6.07) is 2.76. The Bertz CT molecular complexity index is 984. The third-order valence-corrected chi connectivity index (χ3v) is 6.25. The van der Waals surface area contributed by atoms with Gasteiger partial charge in [-0.3, -0.25) is 14.3 Å². The van der Waals surface area contributed by atoms with Crippen LogP contribution in [0.2, 0.25) is 0 Å². The van der Waals surface area contributed by atoms with Crippen LogP contribution >= 0.6 is 0 Å². The number of carbonyl (C=O) groups excluding carboxylic acids is 1. The maximum absolute atomic E-state index is 12.7. The molecule has 1 aliphatic rings. The highest BCUT2D eigenvalue weighted by molar-refractivity contribution is 7.91. The molecule has 1 aliphatic heterocycles. The highest BCUT2D eigenvalue weighted by Crippen LogP contribution is 2.36. The first-order valence-corrected chi connectivity index (χ1v) is 9.30. The Morgan fingerprint density at radius 3 is 2.71 bits per heavy atom. The van der Waals surface area contributed by atoms with E-state index in [0.717, 1.165) is 0 Å². The average Bonchev–Trinajstić information content (AvgIpc) is 2.91. The van der Waals surface area contributed by atoms with Gasteiger partial charge in [0.05, 0.1) is 16.8 Å². The van der Waals surface area contributed by atoms with Crippen LogP contribution in [0.5, 0.6) is 0 Å². The molecule has 1 atom stereocenters. The summed E-state index contributed by atoms with van der Waals surface area (Å²) in [6.45, 7) is 3.78. The molecule has 1 unspecified atom stereocenters. The van der Waals surface area contributed by atoms with Gasteiger partial charge < -0.3 is 10.2 Å². The second-order valence-corrected chi connectivity index (χ2v) is 7.92. The summed E-state index contributed by atoms with van der Waals surface area (Å²) >= 11 is 0. The average molecular weight is 350 g/mol. The SMILES string of the molecule is CCn1[nH]cc(C(=O)c2ccc3c(c2C)C(O)CCS3(=O)=O)c1=O. The number of ketones is 1. The lowest BCUT2D eigenvalue weighted by molar-refractivity contribution is 0.103. The number of hydrogen-bond donors (Lipinski definition) is 2. The smallest absolute Gasteiger partial charge is 0.277 e. The highest BCUT2D eigenvalue weighted by Gasteiger charge is 2.32. The minimum atomic E-state index is -3.46. The molecule has 2 heterocycles. The maximum atomic E-state index is 12.7. The number of nitrogens with zero attached hydrogens (tertiary/aromatic N) is 1. The highest BCUT2D eigenvalue weighted by atomic mass is 32.2. The van der Waals surface area contributed by atoms with E-state index in [9.17, 15) is 23.1 Å². The zero-order chi connectivity index (χ0) is 17.6. The molecular formula is C16H18N2O5S. The number of H-pyrrole nitrogens is 1. The first-order chi connectivity index (χ1) is 11.3. The Kier molecular flexibility index (Phi) is 3.97. The van der Waals surface area contributed by atoms with Crippen LogP contribution in [0.25, 0.3) is 0 Å². The topological polar surface area (TPSA) is 109 Å². The molecular weight excluding hydrogens is 332 g/mol. The van der Waals surface area contributed by atoms with Crippen molar-refractivity contribution in [2.75, 3.05) is 5.75 Å². The van der Waals surface area contributed by atoms with Gasteiger partial charge in [-0.25, -0.2) is 8.42 Å². The molecule has 0 saturated carbocycles. The summed E-state index contributed by atoms with van der Waals surface area (Å²) in [5, 5.41) is 12.9. The van der Waals surface area contributed by atoms with Gasteiger partial charge in [0.2, 0.25) is 0 Å².